The lowest BCUT2D eigenvalue weighted by Gasteiger charge is -2.27. The standard InChI is InChI=1S/C12H15N3O5/c1-12(11(17)18)4-2-3-9(12)14-10(16)8-5-7(6-13-8)15(19)20/h5-6,9,13H,2-4H2,1H3,(H,14,16)(H,17,18). The number of nitrogens with zero attached hydrogens (tertiary/aromatic N) is 1. The van der Waals surface area contributed by atoms with Gasteiger partial charge in [-0.15, -0.1) is 0 Å². The van der Waals surface area contributed by atoms with E-state index in [-0.39, 0.29) is 11.4 Å². The number of hydrogen-bond acceptors (Lipinski definition) is 4. The van der Waals surface area contributed by atoms with Crippen molar-refractivity contribution in [2.45, 2.75) is 32.2 Å². The van der Waals surface area contributed by atoms with Gasteiger partial charge in [-0.3, -0.25) is 19.7 Å². The summed E-state index contributed by atoms with van der Waals surface area (Å²) in [5.41, 5.74) is -1.15. The number of amides is 1. The van der Waals surface area contributed by atoms with Gasteiger partial charge in [0.15, 0.2) is 0 Å². The highest BCUT2D eigenvalue weighted by Gasteiger charge is 2.46. The van der Waals surface area contributed by atoms with Crippen LogP contribution >= 0.6 is 0 Å². The first-order valence-corrected chi connectivity index (χ1v) is 6.21. The number of nitro groups is 1. The maximum atomic E-state index is 12.0. The lowest BCUT2D eigenvalue weighted by Crippen LogP contribution is -2.47. The Bertz CT molecular complexity index is 567. The average molecular weight is 281 g/mol. The van der Waals surface area contributed by atoms with Crippen molar-refractivity contribution in [2.24, 2.45) is 5.41 Å². The van der Waals surface area contributed by atoms with Gasteiger partial charge in [0, 0.05) is 12.1 Å². The summed E-state index contributed by atoms with van der Waals surface area (Å²) < 4.78 is 0. The second kappa shape index (κ2) is 4.95. The molecule has 1 amide bonds. The van der Waals surface area contributed by atoms with Crippen LogP contribution in [0.2, 0.25) is 0 Å². The highest BCUT2D eigenvalue weighted by atomic mass is 16.6. The van der Waals surface area contributed by atoms with Gasteiger partial charge >= 0.3 is 5.97 Å². The number of aromatic amines is 1. The molecule has 8 heteroatoms. The number of carboxylic acid groups (broad SMARTS) is 1. The topological polar surface area (TPSA) is 125 Å². The van der Waals surface area contributed by atoms with Crippen molar-refractivity contribution in [1.82, 2.24) is 10.3 Å². The molecular formula is C12H15N3O5. The molecule has 0 spiro atoms. The van der Waals surface area contributed by atoms with Gasteiger partial charge in [-0.05, 0) is 19.8 Å². The van der Waals surface area contributed by atoms with Gasteiger partial charge in [-0.2, -0.15) is 0 Å². The molecule has 2 unspecified atom stereocenters. The Labute approximate surface area is 114 Å². The molecule has 1 saturated carbocycles. The first-order valence-electron chi connectivity index (χ1n) is 6.21. The van der Waals surface area contributed by atoms with Gasteiger partial charge in [0.05, 0.1) is 16.5 Å². The van der Waals surface area contributed by atoms with E-state index in [0.29, 0.717) is 12.8 Å². The Morgan fingerprint density at radius 3 is 2.85 bits per heavy atom. The number of carbonyl (C=O) groups is 2. The van der Waals surface area contributed by atoms with Crippen molar-refractivity contribution in [3.63, 3.8) is 0 Å². The Morgan fingerprint density at radius 1 is 1.60 bits per heavy atom. The smallest absolute Gasteiger partial charge is 0.311 e. The molecule has 1 aromatic heterocycles. The number of hydrogen-bond donors (Lipinski definition) is 3. The van der Waals surface area contributed by atoms with Crippen LogP contribution in [0.4, 0.5) is 5.69 Å². The molecule has 1 fully saturated rings. The summed E-state index contributed by atoms with van der Waals surface area (Å²) in [4.78, 5) is 35.7. The fourth-order valence-electron chi connectivity index (χ4n) is 2.51. The molecule has 0 aliphatic heterocycles. The van der Waals surface area contributed by atoms with E-state index in [0.717, 1.165) is 18.7 Å². The largest absolute Gasteiger partial charge is 0.481 e. The van der Waals surface area contributed by atoms with E-state index in [9.17, 15) is 24.8 Å². The minimum absolute atomic E-state index is 0.0522. The van der Waals surface area contributed by atoms with Crippen LogP contribution in [0.3, 0.4) is 0 Å². The molecule has 20 heavy (non-hydrogen) atoms. The highest BCUT2D eigenvalue weighted by Crippen LogP contribution is 2.38. The zero-order chi connectivity index (χ0) is 14.9. The first kappa shape index (κ1) is 14.0. The predicted molar refractivity (Wildman–Crippen MR) is 68.3 cm³/mol. The quantitative estimate of drug-likeness (QED) is 0.566. The zero-order valence-electron chi connectivity index (χ0n) is 10.9. The number of carbonyl (C=O) groups excluding carboxylic acids is 1. The van der Waals surface area contributed by atoms with E-state index < -0.39 is 28.3 Å². The maximum Gasteiger partial charge on any atom is 0.311 e. The molecule has 1 aromatic rings. The highest BCUT2D eigenvalue weighted by molar-refractivity contribution is 5.94. The molecule has 1 heterocycles. The van der Waals surface area contributed by atoms with E-state index in [4.69, 9.17) is 0 Å². The van der Waals surface area contributed by atoms with Crippen molar-refractivity contribution in [1.29, 1.82) is 0 Å². The predicted octanol–water partition coefficient (Wildman–Crippen LogP) is 1.30. The normalized spacial score (nSPS) is 25.4. The molecule has 108 valence electrons. The van der Waals surface area contributed by atoms with Gasteiger partial charge in [-0.25, -0.2) is 0 Å². The van der Waals surface area contributed by atoms with Crippen LogP contribution in [0.15, 0.2) is 12.3 Å². The van der Waals surface area contributed by atoms with Gasteiger partial charge < -0.3 is 15.4 Å². The van der Waals surface area contributed by atoms with Crippen molar-refractivity contribution in [2.75, 3.05) is 0 Å². The van der Waals surface area contributed by atoms with E-state index in [1.807, 2.05) is 0 Å². The molecule has 0 saturated heterocycles. The second-order valence-electron chi connectivity index (χ2n) is 5.17. The molecule has 8 nitrogen and oxygen atoms in total. The molecule has 0 radical (unpaired) electrons. The summed E-state index contributed by atoms with van der Waals surface area (Å²) in [6.45, 7) is 1.60. The van der Waals surface area contributed by atoms with Crippen LogP contribution in [0, 0.1) is 15.5 Å². The van der Waals surface area contributed by atoms with Crippen LogP contribution in [0.1, 0.15) is 36.7 Å². The fraction of sp³-hybridized carbons (Fsp3) is 0.500. The summed E-state index contributed by atoms with van der Waals surface area (Å²) in [7, 11) is 0. The number of aliphatic carboxylic acids is 1. The Hall–Kier alpha value is -2.38. The third-order valence-electron chi connectivity index (χ3n) is 3.88. The molecule has 3 N–H and O–H groups in total. The van der Waals surface area contributed by atoms with Gasteiger partial charge in [0.1, 0.15) is 5.69 Å². The van der Waals surface area contributed by atoms with Crippen LogP contribution in [-0.4, -0.2) is 32.9 Å². The Morgan fingerprint density at radius 2 is 2.30 bits per heavy atom. The minimum Gasteiger partial charge on any atom is -0.481 e. The number of nitrogens with one attached hydrogen (secondary N) is 2. The number of H-pyrrole nitrogens is 1. The Balaban J connectivity index is 2.11. The molecule has 2 rings (SSSR count). The van der Waals surface area contributed by atoms with E-state index in [2.05, 4.69) is 10.3 Å². The molecule has 0 aromatic carbocycles. The van der Waals surface area contributed by atoms with Crippen LogP contribution in [-0.2, 0) is 4.79 Å². The van der Waals surface area contributed by atoms with Crippen LogP contribution in [0.5, 0.6) is 0 Å². The van der Waals surface area contributed by atoms with E-state index >= 15 is 0 Å². The van der Waals surface area contributed by atoms with Crippen molar-refractivity contribution >= 4 is 17.6 Å². The third kappa shape index (κ3) is 2.36. The molecule has 2 atom stereocenters. The van der Waals surface area contributed by atoms with Crippen LogP contribution in [0.25, 0.3) is 0 Å². The Kier molecular flexibility index (Phi) is 3.47. The SMILES string of the molecule is CC1(C(=O)O)CCCC1NC(=O)c1cc([N+](=O)[O-])c[nH]1. The lowest BCUT2D eigenvalue weighted by atomic mass is 9.85. The van der Waals surface area contributed by atoms with Crippen LogP contribution < -0.4 is 5.32 Å². The van der Waals surface area contributed by atoms with Crippen molar-refractivity contribution in [3.05, 3.63) is 28.1 Å². The number of carboxylic acids is 1. The van der Waals surface area contributed by atoms with E-state index in [1.54, 1.807) is 6.92 Å². The third-order valence-corrected chi connectivity index (χ3v) is 3.88. The average Bonchev–Trinajstić information content (AvgIpc) is 2.98. The lowest BCUT2D eigenvalue weighted by molar-refractivity contribution is -0.384. The van der Waals surface area contributed by atoms with Crippen molar-refractivity contribution in [3.8, 4) is 0 Å². The molecule has 0 bridgehead atoms. The first-order chi connectivity index (χ1) is 9.34. The zero-order valence-corrected chi connectivity index (χ0v) is 10.9. The van der Waals surface area contributed by atoms with Gasteiger partial charge in [0.2, 0.25) is 0 Å². The second-order valence-corrected chi connectivity index (χ2v) is 5.17. The summed E-state index contributed by atoms with van der Waals surface area (Å²) in [5.74, 6) is -1.48. The van der Waals surface area contributed by atoms with Crippen molar-refractivity contribution < 1.29 is 19.6 Å². The van der Waals surface area contributed by atoms with Gasteiger partial charge in [-0.1, -0.05) is 6.42 Å². The number of rotatable bonds is 4. The fourth-order valence-corrected chi connectivity index (χ4v) is 2.51. The summed E-state index contributed by atoms with van der Waals surface area (Å²) in [5, 5.41) is 22.5. The van der Waals surface area contributed by atoms with Gasteiger partial charge in [0.25, 0.3) is 11.6 Å². The number of aromatic nitrogens is 1. The monoisotopic (exact) mass is 281 g/mol. The molecular weight excluding hydrogens is 266 g/mol. The maximum absolute atomic E-state index is 12.0. The molecule has 1 aliphatic rings. The summed E-state index contributed by atoms with van der Waals surface area (Å²) in [6.07, 6.45) is 2.92. The minimum atomic E-state index is -0.992. The summed E-state index contributed by atoms with van der Waals surface area (Å²) in [6, 6.07) is 0.650. The molecule has 1 aliphatic carbocycles. The summed E-state index contributed by atoms with van der Waals surface area (Å²) >= 11 is 0. The van der Waals surface area contributed by atoms with E-state index in [1.165, 1.54) is 0 Å².